The minimum Gasteiger partial charge on any atom is -0.508 e. The predicted molar refractivity (Wildman–Crippen MR) is 180 cm³/mol. The number of hydrogen-bond donors (Lipinski definition) is 1. The number of aromatic hydroxyl groups is 1. The van der Waals surface area contributed by atoms with E-state index in [4.69, 9.17) is 8.92 Å². The van der Waals surface area contributed by atoms with Crippen molar-refractivity contribution in [1.29, 1.82) is 0 Å². The van der Waals surface area contributed by atoms with Crippen LogP contribution in [0.5, 0.6) is 11.5 Å². The Balaban J connectivity index is 1.50. The number of carbonyl (C=O) groups excluding carboxylic acids is 1. The Labute approximate surface area is 279 Å². The number of aromatic nitrogens is 3. The lowest BCUT2D eigenvalue weighted by atomic mass is 9.83. The first kappa shape index (κ1) is 33.9. The minimum absolute atomic E-state index is 0.0342. The van der Waals surface area contributed by atoms with Crippen LogP contribution >= 0.6 is 15.9 Å². The van der Waals surface area contributed by atoms with E-state index in [0.29, 0.717) is 5.56 Å². The lowest BCUT2D eigenvalue weighted by molar-refractivity contribution is -0.143. The lowest BCUT2D eigenvalue weighted by Gasteiger charge is -2.33. The third-order valence-corrected chi connectivity index (χ3v) is 10.7. The van der Waals surface area contributed by atoms with Gasteiger partial charge in [-0.05, 0) is 92.6 Å². The predicted octanol–water partition coefficient (Wildman–Crippen LogP) is 6.99. The third-order valence-electron chi connectivity index (χ3n) is 8.73. The molecule has 2 heterocycles. The lowest BCUT2D eigenvalue weighted by Crippen LogP contribution is -2.39. The number of unbranched alkanes of at least 4 members (excludes halogenated alkanes) is 3. The molecule has 1 aliphatic rings. The van der Waals surface area contributed by atoms with Crippen LogP contribution in [0.25, 0.3) is 11.0 Å². The summed E-state index contributed by atoms with van der Waals surface area (Å²) in [7, 11) is -4.11. The van der Waals surface area contributed by atoms with Crippen molar-refractivity contribution >= 4 is 43.2 Å². The molecular formula is C34H41BrN4O6S. The summed E-state index contributed by atoms with van der Waals surface area (Å²) in [5, 5.41) is 20.0. The second kappa shape index (κ2) is 14.5. The van der Waals surface area contributed by atoms with Crippen LogP contribution in [0.3, 0.4) is 0 Å². The highest BCUT2D eigenvalue weighted by Crippen LogP contribution is 2.39. The van der Waals surface area contributed by atoms with Crippen LogP contribution in [-0.2, 0) is 32.9 Å². The molecule has 0 radical (unpaired) electrons. The number of esters is 1. The Kier molecular flexibility index (Phi) is 10.7. The molecule has 3 aromatic carbocycles. The van der Waals surface area contributed by atoms with Crippen molar-refractivity contribution in [2.45, 2.75) is 84.8 Å². The molecule has 0 spiro atoms. The molecule has 2 atom stereocenters. The first-order valence-electron chi connectivity index (χ1n) is 15.7. The molecule has 46 heavy (non-hydrogen) atoms. The van der Waals surface area contributed by atoms with E-state index >= 15 is 0 Å². The Morgan fingerprint density at radius 2 is 1.85 bits per heavy atom. The van der Waals surface area contributed by atoms with Crippen molar-refractivity contribution in [1.82, 2.24) is 19.3 Å². The number of fused-ring (bicyclic) bond motifs is 2. The molecule has 1 aromatic heterocycles. The zero-order chi connectivity index (χ0) is 33.0. The Hall–Kier alpha value is -3.48. The summed E-state index contributed by atoms with van der Waals surface area (Å²) in [5.74, 6) is -0.445. The van der Waals surface area contributed by atoms with Gasteiger partial charge in [0.1, 0.15) is 17.0 Å². The highest BCUT2D eigenvalue weighted by Gasteiger charge is 2.37. The number of phenolic OH excluding ortho intramolecular Hbond substituents is 1. The van der Waals surface area contributed by atoms with Crippen LogP contribution in [-0.4, -0.2) is 50.7 Å². The topological polar surface area (TPSA) is 124 Å². The van der Waals surface area contributed by atoms with Gasteiger partial charge in [-0.3, -0.25) is 4.79 Å². The number of nitrogens with zero attached hydrogens (tertiary/aromatic N) is 4. The Morgan fingerprint density at radius 3 is 2.61 bits per heavy atom. The van der Waals surface area contributed by atoms with Gasteiger partial charge in [-0.25, -0.2) is 4.68 Å². The first-order chi connectivity index (χ1) is 22.0. The molecule has 1 N–H and O–H groups in total. The maximum absolute atomic E-state index is 13.3. The Bertz CT molecular complexity index is 1830. The van der Waals surface area contributed by atoms with E-state index in [1.54, 1.807) is 6.92 Å². The molecule has 0 aliphatic carbocycles. The third kappa shape index (κ3) is 7.24. The molecule has 0 amide bonds. The van der Waals surface area contributed by atoms with Gasteiger partial charge in [0, 0.05) is 29.9 Å². The number of hydrogen-bond acceptors (Lipinski definition) is 8. The maximum atomic E-state index is 13.3. The highest BCUT2D eigenvalue weighted by molar-refractivity contribution is 9.09. The average molecular weight is 714 g/mol. The van der Waals surface area contributed by atoms with E-state index in [1.807, 2.05) is 55.8 Å². The second-order valence-corrected chi connectivity index (χ2v) is 14.1. The number of phenols is 1. The first-order valence-corrected chi connectivity index (χ1v) is 18.2. The zero-order valence-corrected chi connectivity index (χ0v) is 29.1. The molecule has 1 unspecified atom stereocenters. The molecule has 246 valence electrons. The Morgan fingerprint density at radius 1 is 1.07 bits per heavy atom. The van der Waals surface area contributed by atoms with E-state index in [0.717, 1.165) is 70.0 Å². The van der Waals surface area contributed by atoms with Gasteiger partial charge in [-0.15, -0.1) is 5.10 Å². The van der Waals surface area contributed by atoms with Gasteiger partial charge in [0.25, 0.3) is 0 Å². The van der Waals surface area contributed by atoms with E-state index in [1.165, 1.54) is 28.9 Å². The molecule has 4 aromatic rings. The fraction of sp³-hybridized carbons (Fsp3) is 0.441. The standard InChI is InChI=1S/C34H41BrN4O6S/c1-5-44-33(41)20-30(28-13-14-31-34(23(28)3)36-37-38(31)17-9-7-6-8-16-35)25-11-10-22(2)29(19-25)24(4)39-21-26-18-27(40)12-15-32(26)45-46(39,42)43/h10-15,18-19,24,30,40H,5-9,16-17,20-21H2,1-4H3/t24-,30?/m1/s1. The fourth-order valence-electron chi connectivity index (χ4n) is 6.22. The molecule has 0 bridgehead atoms. The molecule has 12 heteroatoms. The van der Waals surface area contributed by atoms with E-state index < -0.39 is 16.3 Å². The van der Waals surface area contributed by atoms with Crippen molar-refractivity contribution in [2.24, 2.45) is 0 Å². The van der Waals surface area contributed by atoms with Gasteiger partial charge in [0.05, 0.1) is 24.6 Å². The molecule has 0 saturated heterocycles. The van der Waals surface area contributed by atoms with Crippen molar-refractivity contribution < 1.29 is 27.2 Å². The summed E-state index contributed by atoms with van der Waals surface area (Å²) < 4.78 is 40.6. The van der Waals surface area contributed by atoms with Crippen molar-refractivity contribution in [2.75, 3.05) is 11.9 Å². The smallest absolute Gasteiger partial charge is 0.386 e. The van der Waals surface area contributed by atoms with Crippen molar-refractivity contribution in [3.63, 3.8) is 0 Å². The summed E-state index contributed by atoms with van der Waals surface area (Å²) in [6.07, 6.45) is 4.58. The minimum atomic E-state index is -4.11. The van der Waals surface area contributed by atoms with Crippen LogP contribution in [0, 0.1) is 13.8 Å². The number of carbonyl (C=O) groups is 1. The summed E-state index contributed by atoms with van der Waals surface area (Å²) >= 11 is 3.49. The normalized spacial score (nSPS) is 15.7. The highest BCUT2D eigenvalue weighted by atomic mass is 79.9. The van der Waals surface area contributed by atoms with Gasteiger partial charge < -0.3 is 14.0 Å². The van der Waals surface area contributed by atoms with Crippen molar-refractivity contribution in [3.8, 4) is 11.5 Å². The van der Waals surface area contributed by atoms with Crippen LogP contribution < -0.4 is 4.18 Å². The van der Waals surface area contributed by atoms with Gasteiger partial charge in [0.15, 0.2) is 0 Å². The van der Waals surface area contributed by atoms with Crippen LogP contribution in [0.4, 0.5) is 0 Å². The summed E-state index contributed by atoms with van der Waals surface area (Å²) in [6.45, 7) is 8.65. The summed E-state index contributed by atoms with van der Waals surface area (Å²) in [5.41, 5.74) is 6.74. The molecule has 1 aliphatic heterocycles. The van der Waals surface area contributed by atoms with E-state index in [2.05, 4.69) is 26.2 Å². The second-order valence-electron chi connectivity index (χ2n) is 11.8. The van der Waals surface area contributed by atoms with Gasteiger partial charge in [-0.1, -0.05) is 58.3 Å². The van der Waals surface area contributed by atoms with Gasteiger partial charge >= 0.3 is 16.3 Å². The molecular weight excluding hydrogens is 672 g/mol. The van der Waals surface area contributed by atoms with Crippen LogP contribution in [0.15, 0.2) is 48.5 Å². The fourth-order valence-corrected chi connectivity index (χ4v) is 7.90. The summed E-state index contributed by atoms with van der Waals surface area (Å²) in [6, 6.07) is 13.8. The maximum Gasteiger partial charge on any atom is 0.386 e. The van der Waals surface area contributed by atoms with Crippen LogP contribution in [0.1, 0.15) is 91.3 Å². The summed E-state index contributed by atoms with van der Waals surface area (Å²) in [4.78, 5) is 13.0. The average Bonchev–Trinajstić information content (AvgIpc) is 3.44. The zero-order valence-electron chi connectivity index (χ0n) is 26.7. The van der Waals surface area contributed by atoms with E-state index in [-0.39, 0.29) is 43.0 Å². The molecule has 0 saturated carbocycles. The molecule has 0 fully saturated rings. The van der Waals surface area contributed by atoms with Crippen molar-refractivity contribution in [3.05, 3.63) is 81.9 Å². The number of alkyl halides is 1. The quantitative estimate of drug-likeness (QED) is 0.0894. The number of aryl methyl sites for hydroxylation is 3. The van der Waals surface area contributed by atoms with Gasteiger partial charge in [0.2, 0.25) is 0 Å². The van der Waals surface area contributed by atoms with E-state index in [9.17, 15) is 18.3 Å². The largest absolute Gasteiger partial charge is 0.508 e. The van der Waals surface area contributed by atoms with Gasteiger partial charge in [-0.2, -0.15) is 12.7 Å². The number of ether oxygens (including phenoxy) is 1. The molecule has 10 nitrogen and oxygen atoms in total. The number of halogens is 1. The SMILES string of the molecule is CCOC(=O)CC(c1ccc(C)c([C@@H](C)N2Cc3cc(O)ccc3OS2(=O)=O)c1)c1ccc2c(nnn2CCCCCCBr)c1C. The number of rotatable bonds is 13. The molecule has 5 rings (SSSR count). The monoisotopic (exact) mass is 712 g/mol. The van der Waals surface area contributed by atoms with Crippen LogP contribution in [0.2, 0.25) is 0 Å². The number of benzene rings is 3.